The molecule has 0 fully saturated rings. The van der Waals surface area contributed by atoms with Crippen LogP contribution in [0.25, 0.3) is 0 Å². The molecule has 19 heavy (non-hydrogen) atoms. The predicted octanol–water partition coefficient (Wildman–Crippen LogP) is 2.95. The zero-order valence-corrected chi connectivity index (χ0v) is 9.85. The van der Waals surface area contributed by atoms with Gasteiger partial charge in [0.05, 0.1) is 0 Å². The molecule has 2 rings (SSSR count). The number of nitrogens with zero attached hydrogens (tertiary/aromatic N) is 2. The van der Waals surface area contributed by atoms with Crippen molar-refractivity contribution in [3.8, 4) is 0 Å². The van der Waals surface area contributed by atoms with Crippen molar-refractivity contribution >= 4 is 5.69 Å². The van der Waals surface area contributed by atoms with Gasteiger partial charge in [-0.05, 0) is 24.1 Å². The van der Waals surface area contributed by atoms with Crippen molar-refractivity contribution in [1.82, 2.24) is 9.97 Å². The van der Waals surface area contributed by atoms with Crippen molar-refractivity contribution in [3.63, 3.8) is 0 Å². The number of hydrogen-bond donors (Lipinski definition) is 1. The van der Waals surface area contributed by atoms with Crippen LogP contribution in [-0.4, -0.2) is 9.97 Å². The molecule has 0 saturated heterocycles. The Balaban J connectivity index is 2.28. The van der Waals surface area contributed by atoms with Crippen LogP contribution in [0, 0.1) is 30.5 Å². The van der Waals surface area contributed by atoms with E-state index in [0.29, 0.717) is 5.56 Å². The van der Waals surface area contributed by atoms with Crippen molar-refractivity contribution in [2.75, 3.05) is 5.32 Å². The van der Waals surface area contributed by atoms with Crippen LogP contribution < -0.4 is 5.32 Å². The quantitative estimate of drug-likeness (QED) is 0.689. The normalized spacial score (nSPS) is 10.6. The smallest absolute Gasteiger partial charge is 0.253 e. The third-order valence-electron chi connectivity index (χ3n) is 2.59. The van der Waals surface area contributed by atoms with E-state index in [-0.39, 0.29) is 6.54 Å². The molecule has 0 aliphatic heterocycles. The molecule has 100 valence electrons. The van der Waals surface area contributed by atoms with Crippen LogP contribution >= 0.6 is 0 Å². The van der Waals surface area contributed by atoms with Crippen molar-refractivity contribution in [2.24, 2.45) is 0 Å². The van der Waals surface area contributed by atoms with E-state index < -0.39 is 29.2 Å². The number of aryl methyl sites for hydroxylation is 1. The Morgan fingerprint density at radius 3 is 2.32 bits per heavy atom. The largest absolute Gasteiger partial charge is 0.376 e. The third-order valence-corrected chi connectivity index (χ3v) is 2.59. The van der Waals surface area contributed by atoms with Crippen LogP contribution in [0.3, 0.4) is 0 Å². The average molecular weight is 271 g/mol. The molecule has 1 N–H and O–H groups in total. The lowest BCUT2D eigenvalue weighted by atomic mass is 10.1. The molecule has 0 aliphatic carbocycles. The SMILES string of the molecule is Cc1cnccc1CNc1c(F)c(F)nc(F)c1F. The van der Waals surface area contributed by atoms with Crippen LogP contribution in [0.5, 0.6) is 0 Å². The molecule has 0 bridgehead atoms. The number of pyridine rings is 2. The number of nitrogens with one attached hydrogen (secondary N) is 1. The van der Waals surface area contributed by atoms with Gasteiger partial charge >= 0.3 is 0 Å². The first kappa shape index (κ1) is 13.3. The fourth-order valence-corrected chi connectivity index (χ4v) is 1.53. The predicted molar refractivity (Wildman–Crippen MR) is 60.4 cm³/mol. The summed E-state index contributed by atoms with van der Waals surface area (Å²) in [5.41, 5.74) is 0.610. The fourth-order valence-electron chi connectivity index (χ4n) is 1.53. The molecule has 0 radical (unpaired) electrons. The maximum atomic E-state index is 13.3. The average Bonchev–Trinajstić information content (AvgIpc) is 2.38. The Hall–Kier alpha value is -2.18. The Morgan fingerprint density at radius 2 is 1.74 bits per heavy atom. The minimum Gasteiger partial charge on any atom is -0.376 e. The van der Waals surface area contributed by atoms with Gasteiger partial charge in [-0.2, -0.15) is 22.5 Å². The van der Waals surface area contributed by atoms with Gasteiger partial charge in [0.1, 0.15) is 5.69 Å². The van der Waals surface area contributed by atoms with Crippen LogP contribution in [-0.2, 0) is 6.54 Å². The molecular weight excluding hydrogens is 262 g/mol. The summed E-state index contributed by atoms with van der Waals surface area (Å²) in [5, 5.41) is 2.32. The summed E-state index contributed by atoms with van der Waals surface area (Å²) in [5.74, 6) is -6.48. The van der Waals surface area contributed by atoms with Crippen molar-refractivity contribution in [3.05, 3.63) is 53.1 Å². The molecule has 3 nitrogen and oxygen atoms in total. The molecule has 0 aromatic carbocycles. The first-order valence-electron chi connectivity index (χ1n) is 5.34. The maximum Gasteiger partial charge on any atom is 0.253 e. The van der Waals surface area contributed by atoms with Gasteiger partial charge in [-0.3, -0.25) is 4.98 Å². The number of halogens is 4. The first-order chi connectivity index (χ1) is 9.00. The van der Waals surface area contributed by atoms with E-state index >= 15 is 0 Å². The molecule has 7 heteroatoms. The molecular formula is C12H9F4N3. The summed E-state index contributed by atoms with van der Waals surface area (Å²) >= 11 is 0. The monoisotopic (exact) mass is 271 g/mol. The van der Waals surface area contributed by atoms with Crippen molar-refractivity contribution in [2.45, 2.75) is 13.5 Å². The molecule has 0 saturated carbocycles. The number of rotatable bonds is 3. The molecule has 0 spiro atoms. The molecule has 0 aliphatic rings. The lowest BCUT2D eigenvalue weighted by Gasteiger charge is -2.10. The van der Waals surface area contributed by atoms with Gasteiger partial charge < -0.3 is 5.32 Å². The minimum atomic E-state index is -1.69. The summed E-state index contributed by atoms with van der Waals surface area (Å²) in [4.78, 5) is 6.33. The first-order valence-corrected chi connectivity index (χ1v) is 5.34. The summed E-state index contributed by atoms with van der Waals surface area (Å²) in [6, 6.07) is 1.63. The minimum absolute atomic E-state index is 0.00505. The van der Waals surface area contributed by atoms with Gasteiger partial charge in [-0.15, -0.1) is 0 Å². The Morgan fingerprint density at radius 1 is 1.11 bits per heavy atom. The van der Waals surface area contributed by atoms with Crippen LogP contribution in [0.15, 0.2) is 18.5 Å². The maximum absolute atomic E-state index is 13.3. The molecule has 2 heterocycles. The Labute approximate surface area is 106 Å². The summed E-state index contributed by atoms with van der Waals surface area (Å²) in [6.07, 6.45) is 3.07. The zero-order chi connectivity index (χ0) is 14.0. The van der Waals surface area contributed by atoms with Crippen LogP contribution in [0.4, 0.5) is 23.2 Å². The molecule has 0 atom stereocenters. The van der Waals surface area contributed by atoms with E-state index in [1.165, 1.54) is 6.20 Å². The zero-order valence-electron chi connectivity index (χ0n) is 9.85. The Kier molecular flexibility index (Phi) is 3.64. The summed E-state index contributed by atoms with van der Waals surface area (Å²) in [6.45, 7) is 1.76. The highest BCUT2D eigenvalue weighted by atomic mass is 19.2. The van der Waals surface area contributed by atoms with Gasteiger partial charge in [0, 0.05) is 18.9 Å². The van der Waals surface area contributed by atoms with Crippen molar-refractivity contribution < 1.29 is 17.6 Å². The molecule has 2 aromatic rings. The molecule has 0 unspecified atom stereocenters. The second kappa shape index (κ2) is 5.21. The molecule has 2 aromatic heterocycles. The van der Waals surface area contributed by atoms with Crippen LogP contribution in [0.1, 0.15) is 11.1 Å². The lowest BCUT2D eigenvalue weighted by Crippen LogP contribution is -2.10. The highest BCUT2D eigenvalue weighted by Crippen LogP contribution is 2.22. The fraction of sp³-hybridized carbons (Fsp3) is 0.167. The van der Waals surface area contributed by atoms with E-state index in [9.17, 15) is 17.6 Å². The lowest BCUT2D eigenvalue weighted by molar-refractivity contribution is 0.410. The van der Waals surface area contributed by atoms with E-state index in [4.69, 9.17) is 0 Å². The highest BCUT2D eigenvalue weighted by Gasteiger charge is 2.20. The van der Waals surface area contributed by atoms with Crippen LogP contribution in [0.2, 0.25) is 0 Å². The highest BCUT2D eigenvalue weighted by molar-refractivity contribution is 5.46. The summed E-state index contributed by atoms with van der Waals surface area (Å²) in [7, 11) is 0. The third kappa shape index (κ3) is 2.64. The van der Waals surface area contributed by atoms with Crippen molar-refractivity contribution in [1.29, 1.82) is 0 Å². The van der Waals surface area contributed by atoms with Gasteiger partial charge in [-0.1, -0.05) is 0 Å². The Bertz CT molecular complexity index is 590. The topological polar surface area (TPSA) is 37.8 Å². The van der Waals surface area contributed by atoms with Gasteiger partial charge in [0.15, 0.2) is 0 Å². The van der Waals surface area contributed by atoms with E-state index in [2.05, 4.69) is 15.3 Å². The van der Waals surface area contributed by atoms with E-state index in [1.807, 2.05) is 0 Å². The number of hydrogen-bond acceptors (Lipinski definition) is 3. The van der Waals surface area contributed by atoms with Gasteiger partial charge in [-0.25, -0.2) is 0 Å². The second-order valence-corrected chi connectivity index (χ2v) is 3.85. The number of anilines is 1. The molecule has 0 amide bonds. The van der Waals surface area contributed by atoms with E-state index in [0.717, 1.165) is 5.56 Å². The summed E-state index contributed by atoms with van der Waals surface area (Å²) < 4.78 is 52.4. The second-order valence-electron chi connectivity index (χ2n) is 3.85. The van der Waals surface area contributed by atoms with Gasteiger partial charge in [0.2, 0.25) is 11.6 Å². The number of aromatic nitrogens is 2. The standard InChI is InChI=1S/C12H9F4N3/c1-6-4-17-3-2-7(6)5-18-10-8(13)11(15)19-12(16)9(10)14/h2-4H,5H2,1H3,(H,18,19). The van der Waals surface area contributed by atoms with Gasteiger partial charge in [0.25, 0.3) is 11.9 Å². The van der Waals surface area contributed by atoms with E-state index in [1.54, 1.807) is 19.2 Å².